The van der Waals surface area contributed by atoms with Crippen molar-refractivity contribution in [3.05, 3.63) is 69.8 Å². The summed E-state index contributed by atoms with van der Waals surface area (Å²) in [6, 6.07) is 11.5. The van der Waals surface area contributed by atoms with Crippen LogP contribution in [-0.4, -0.2) is 73.7 Å². The third-order valence-corrected chi connectivity index (χ3v) is 10.5. The molecule has 0 radical (unpaired) electrons. The molecule has 0 aromatic heterocycles. The molecule has 1 spiro atoms. The van der Waals surface area contributed by atoms with Gasteiger partial charge in [0.05, 0.1) is 30.6 Å². The van der Waals surface area contributed by atoms with Crippen molar-refractivity contribution >= 4 is 29.4 Å². The van der Waals surface area contributed by atoms with Crippen LogP contribution in [0, 0.1) is 11.8 Å². The zero-order chi connectivity index (χ0) is 32.6. The Morgan fingerprint density at radius 3 is 2.74 bits per heavy atom. The molecule has 2 aliphatic heterocycles. The van der Waals surface area contributed by atoms with E-state index in [1.165, 1.54) is 16.7 Å². The number of nitrogens with zero attached hydrogens (tertiary/aromatic N) is 2. The van der Waals surface area contributed by atoms with Crippen LogP contribution in [0.2, 0.25) is 5.02 Å². The van der Waals surface area contributed by atoms with Crippen LogP contribution in [0.4, 0.5) is 10.5 Å². The summed E-state index contributed by atoms with van der Waals surface area (Å²) in [5, 5.41) is 10.6. The number of anilines is 1. The lowest BCUT2D eigenvalue weighted by molar-refractivity contribution is -0.0532. The molecule has 2 aliphatic carbocycles. The highest BCUT2D eigenvalue weighted by molar-refractivity contribution is 6.30. The third kappa shape index (κ3) is 7.03. The first-order chi connectivity index (χ1) is 21.9. The van der Waals surface area contributed by atoms with E-state index in [0.717, 1.165) is 74.5 Å². The minimum absolute atomic E-state index is 0.130. The summed E-state index contributed by atoms with van der Waals surface area (Å²) in [5.41, 5.74) is 4.31. The molecular weight excluding hydrogens is 604 g/mol. The molecule has 9 heteroatoms. The zero-order valence-electron chi connectivity index (χ0n) is 27.5. The van der Waals surface area contributed by atoms with Gasteiger partial charge in [-0.05, 0) is 119 Å². The van der Waals surface area contributed by atoms with Gasteiger partial charge in [0.15, 0.2) is 0 Å². The van der Waals surface area contributed by atoms with Gasteiger partial charge in [-0.1, -0.05) is 29.3 Å². The number of fused-ring (bicyclic) bond motifs is 3. The number of halogens is 1. The van der Waals surface area contributed by atoms with Crippen molar-refractivity contribution < 1.29 is 28.9 Å². The van der Waals surface area contributed by atoms with E-state index in [-0.39, 0.29) is 23.2 Å². The van der Waals surface area contributed by atoms with Crippen LogP contribution >= 0.6 is 11.6 Å². The minimum atomic E-state index is -0.937. The number of aromatic carboxylic acids is 1. The fourth-order valence-corrected chi connectivity index (χ4v) is 7.94. The van der Waals surface area contributed by atoms with Crippen molar-refractivity contribution in [2.24, 2.45) is 11.8 Å². The number of amides is 1. The third-order valence-electron chi connectivity index (χ3n) is 10.3. The number of rotatable bonds is 6. The lowest BCUT2D eigenvalue weighted by Crippen LogP contribution is -2.50. The highest BCUT2D eigenvalue weighted by Crippen LogP contribution is 2.47. The second-order valence-corrected chi connectivity index (χ2v) is 15.1. The highest BCUT2D eigenvalue weighted by atomic mass is 35.5. The van der Waals surface area contributed by atoms with Gasteiger partial charge < -0.3 is 29.1 Å². The first kappa shape index (κ1) is 32.7. The van der Waals surface area contributed by atoms with Crippen LogP contribution in [-0.2, 0) is 21.3 Å². The fourth-order valence-electron chi connectivity index (χ4n) is 7.74. The van der Waals surface area contributed by atoms with E-state index in [2.05, 4.69) is 23.1 Å². The fraction of sp³-hybridized carbons (Fsp3) is 0.568. The van der Waals surface area contributed by atoms with Crippen LogP contribution in [0.3, 0.4) is 0 Å². The highest BCUT2D eigenvalue weighted by Gasteiger charge is 2.45. The topological polar surface area (TPSA) is 88.5 Å². The molecule has 46 heavy (non-hydrogen) atoms. The Kier molecular flexibility index (Phi) is 9.32. The molecular formula is C37H47ClN2O6. The summed E-state index contributed by atoms with van der Waals surface area (Å²) < 4.78 is 18.4. The van der Waals surface area contributed by atoms with Gasteiger partial charge in [-0.25, -0.2) is 9.59 Å². The number of likely N-dealkylation sites (N-methyl/N-ethyl adjacent to an activating group) is 1. The standard InChI is InChI=1S/C37H47ClN2O6/c1-36(2,3)46-35(43)39(4)16-13-24-14-17-44-33(18-24)29-10-7-27(29)21-40-22-37(15-5-6-25-19-28(38)9-11-30(25)37)23-45-32-12-8-26(34(41)42)20-31(32)40/h8-9,11-13,19-20,27,29,33H,5-7,10,14-18,21-23H2,1-4H3,(H,41,42)/b24-13+/t27-,29+,33-,37?/m0/s1. The molecule has 4 atom stereocenters. The van der Waals surface area contributed by atoms with Crippen molar-refractivity contribution in [2.75, 3.05) is 44.8 Å². The number of benzene rings is 2. The molecule has 2 aromatic carbocycles. The van der Waals surface area contributed by atoms with Gasteiger partial charge in [-0.15, -0.1) is 0 Å². The maximum atomic E-state index is 12.5. The van der Waals surface area contributed by atoms with Crippen LogP contribution in [0.25, 0.3) is 0 Å². The first-order valence-electron chi connectivity index (χ1n) is 16.7. The Bertz CT molecular complexity index is 1500. The molecule has 1 amide bonds. The number of hydrogen-bond acceptors (Lipinski definition) is 6. The summed E-state index contributed by atoms with van der Waals surface area (Å²) in [5.74, 6) is 0.634. The first-order valence-corrected chi connectivity index (χ1v) is 17.1. The molecule has 0 bridgehead atoms. The van der Waals surface area contributed by atoms with Crippen molar-refractivity contribution in [3.63, 3.8) is 0 Å². The average Bonchev–Trinajstić information content (AvgIpc) is 3.14. The van der Waals surface area contributed by atoms with E-state index in [0.29, 0.717) is 31.6 Å². The van der Waals surface area contributed by atoms with Gasteiger partial charge in [0.25, 0.3) is 0 Å². The summed E-state index contributed by atoms with van der Waals surface area (Å²) in [6.45, 7) is 8.94. The van der Waals surface area contributed by atoms with Crippen LogP contribution in [0.5, 0.6) is 5.75 Å². The van der Waals surface area contributed by atoms with Crippen LogP contribution in [0.1, 0.15) is 80.8 Å². The number of hydrogen-bond donors (Lipinski definition) is 1. The second kappa shape index (κ2) is 13.1. The Labute approximate surface area is 277 Å². The van der Waals surface area contributed by atoms with Crippen LogP contribution in [0.15, 0.2) is 48.0 Å². The van der Waals surface area contributed by atoms with E-state index in [9.17, 15) is 14.7 Å². The van der Waals surface area contributed by atoms with Crippen molar-refractivity contribution in [3.8, 4) is 5.75 Å². The Hall–Kier alpha value is -3.23. The molecule has 6 rings (SSSR count). The maximum absolute atomic E-state index is 12.5. The van der Waals surface area contributed by atoms with Gasteiger partial charge in [0.2, 0.25) is 0 Å². The smallest absolute Gasteiger partial charge is 0.410 e. The van der Waals surface area contributed by atoms with Crippen molar-refractivity contribution in [1.29, 1.82) is 0 Å². The van der Waals surface area contributed by atoms with Gasteiger partial charge in [-0.2, -0.15) is 0 Å². The molecule has 2 fully saturated rings. The van der Waals surface area contributed by atoms with E-state index in [1.807, 2.05) is 32.9 Å². The number of ether oxygens (including phenoxy) is 3. The van der Waals surface area contributed by atoms with Gasteiger partial charge in [0, 0.05) is 37.1 Å². The summed E-state index contributed by atoms with van der Waals surface area (Å²) in [6.07, 6.45) is 8.99. The van der Waals surface area contributed by atoms with E-state index >= 15 is 0 Å². The maximum Gasteiger partial charge on any atom is 0.410 e. The number of carboxylic acids is 1. The molecule has 1 unspecified atom stereocenters. The summed E-state index contributed by atoms with van der Waals surface area (Å²) in [4.78, 5) is 28.5. The summed E-state index contributed by atoms with van der Waals surface area (Å²) >= 11 is 6.42. The quantitative estimate of drug-likeness (QED) is 0.324. The van der Waals surface area contributed by atoms with Crippen LogP contribution < -0.4 is 9.64 Å². The lowest BCUT2D eigenvalue weighted by Gasteiger charge is -2.47. The predicted molar refractivity (Wildman–Crippen MR) is 179 cm³/mol. The van der Waals surface area contributed by atoms with Crippen molar-refractivity contribution in [2.45, 2.75) is 82.8 Å². The number of carboxylic acid groups (broad SMARTS) is 1. The monoisotopic (exact) mass is 650 g/mol. The summed E-state index contributed by atoms with van der Waals surface area (Å²) in [7, 11) is 1.77. The Morgan fingerprint density at radius 2 is 2.00 bits per heavy atom. The number of carbonyl (C=O) groups excluding carboxylic acids is 1. The average molecular weight is 651 g/mol. The Morgan fingerprint density at radius 1 is 1.17 bits per heavy atom. The Balaban J connectivity index is 1.20. The number of carbonyl (C=O) groups is 2. The second-order valence-electron chi connectivity index (χ2n) is 14.7. The molecule has 1 saturated carbocycles. The molecule has 2 aromatic rings. The normalized spacial score (nSPS) is 26.8. The SMILES string of the molecule is CN(C/C=C1\CCO[C@H]([C@@H]2CC[C@H]2CN2CC3(CCCc4cc(Cl)ccc43)COc3ccc(C(=O)O)cc32)C1)C(=O)OC(C)(C)C. The molecule has 2 heterocycles. The molecule has 1 N–H and O–H groups in total. The number of aryl methyl sites for hydroxylation is 1. The van der Waals surface area contributed by atoms with Gasteiger partial charge in [0.1, 0.15) is 11.4 Å². The molecule has 8 nitrogen and oxygen atoms in total. The van der Waals surface area contributed by atoms with Gasteiger partial charge in [-0.3, -0.25) is 0 Å². The molecule has 4 aliphatic rings. The molecule has 248 valence electrons. The predicted octanol–water partition coefficient (Wildman–Crippen LogP) is 7.51. The van der Waals surface area contributed by atoms with Crippen molar-refractivity contribution in [1.82, 2.24) is 4.90 Å². The van der Waals surface area contributed by atoms with E-state index in [1.54, 1.807) is 24.1 Å². The lowest BCUT2D eigenvalue weighted by atomic mass is 9.67. The molecule has 1 saturated heterocycles. The van der Waals surface area contributed by atoms with E-state index in [4.69, 9.17) is 25.8 Å². The largest absolute Gasteiger partial charge is 0.490 e. The van der Waals surface area contributed by atoms with E-state index < -0.39 is 11.6 Å². The van der Waals surface area contributed by atoms with Gasteiger partial charge >= 0.3 is 12.1 Å². The minimum Gasteiger partial charge on any atom is -0.490 e. The zero-order valence-corrected chi connectivity index (χ0v) is 28.3.